The van der Waals surface area contributed by atoms with Crippen LogP contribution in [0.5, 0.6) is 5.75 Å². The number of fused-ring (bicyclic) bond motifs is 2. The predicted octanol–water partition coefficient (Wildman–Crippen LogP) is 3.28. The van der Waals surface area contributed by atoms with Crippen molar-refractivity contribution in [3.8, 4) is 11.8 Å². The Bertz CT molecular complexity index is 1300. The van der Waals surface area contributed by atoms with Gasteiger partial charge in [0.2, 0.25) is 0 Å². The number of hydrogen-bond acceptors (Lipinski definition) is 8. The number of piperidine rings is 1. The second-order valence-electron chi connectivity index (χ2n) is 8.36. The molecule has 0 N–H and O–H groups in total. The Morgan fingerprint density at radius 3 is 2.82 bits per heavy atom. The number of nitriles is 1. The van der Waals surface area contributed by atoms with Crippen molar-refractivity contribution in [2.45, 2.75) is 32.4 Å². The van der Waals surface area contributed by atoms with Crippen LogP contribution >= 0.6 is 11.3 Å². The lowest BCUT2D eigenvalue weighted by Crippen LogP contribution is -2.47. The van der Waals surface area contributed by atoms with Gasteiger partial charge >= 0.3 is 6.61 Å². The van der Waals surface area contributed by atoms with Gasteiger partial charge in [0, 0.05) is 32.7 Å². The van der Waals surface area contributed by atoms with Crippen LogP contribution in [0.2, 0.25) is 0 Å². The number of halogens is 2. The molecule has 5 heterocycles. The molecule has 3 aromatic rings. The maximum Gasteiger partial charge on any atom is 0.387 e. The Hall–Kier alpha value is -3.26. The fraction of sp³-hybridized carbons (Fsp3) is 0.455. The minimum Gasteiger partial charge on any atom is -0.433 e. The summed E-state index contributed by atoms with van der Waals surface area (Å²) in [7, 11) is 1.68. The average molecular weight is 473 g/mol. The van der Waals surface area contributed by atoms with Crippen LogP contribution in [0.25, 0.3) is 10.3 Å². The van der Waals surface area contributed by atoms with Gasteiger partial charge in [0.25, 0.3) is 5.56 Å². The molecule has 8 nitrogen and oxygen atoms in total. The first kappa shape index (κ1) is 21.6. The highest BCUT2D eigenvalue weighted by Crippen LogP contribution is 2.39. The normalized spacial score (nSPS) is 20.4. The first-order valence-corrected chi connectivity index (χ1v) is 11.5. The molecule has 5 rings (SSSR count). The van der Waals surface area contributed by atoms with Gasteiger partial charge in [-0.05, 0) is 37.8 Å². The number of aromatic nitrogens is 3. The number of alkyl halides is 2. The van der Waals surface area contributed by atoms with Crippen molar-refractivity contribution >= 4 is 33.2 Å². The molecule has 2 aliphatic rings. The Kier molecular flexibility index (Phi) is 5.40. The number of anilines is 2. The molecule has 0 spiro atoms. The third-order valence-electron chi connectivity index (χ3n) is 6.50. The zero-order chi connectivity index (χ0) is 23.3. The molecule has 0 saturated carbocycles. The second-order valence-corrected chi connectivity index (χ2v) is 9.54. The SMILES string of the molecule is Cc1nc2c(N3CC[C@H]4[C@H](CCN4c4ccc(OC(F)F)cn4)C3)c(C#N)c(=O)n(C)c2s1. The van der Waals surface area contributed by atoms with Gasteiger partial charge < -0.3 is 19.1 Å². The fourth-order valence-electron chi connectivity index (χ4n) is 5.07. The average Bonchev–Trinajstić information content (AvgIpc) is 3.39. The van der Waals surface area contributed by atoms with E-state index in [4.69, 9.17) is 0 Å². The van der Waals surface area contributed by atoms with Crippen LogP contribution < -0.4 is 20.1 Å². The van der Waals surface area contributed by atoms with E-state index in [1.54, 1.807) is 13.1 Å². The van der Waals surface area contributed by atoms with Gasteiger partial charge in [0.15, 0.2) is 0 Å². The lowest BCUT2D eigenvalue weighted by molar-refractivity contribution is -0.0500. The molecular weight excluding hydrogens is 450 g/mol. The number of nitrogens with zero attached hydrogens (tertiary/aromatic N) is 6. The van der Waals surface area contributed by atoms with E-state index in [0.717, 1.165) is 35.0 Å². The molecule has 0 radical (unpaired) electrons. The van der Waals surface area contributed by atoms with Gasteiger partial charge in [0.1, 0.15) is 33.5 Å². The molecule has 2 aliphatic heterocycles. The summed E-state index contributed by atoms with van der Waals surface area (Å²) < 4.78 is 30.7. The maximum absolute atomic E-state index is 12.9. The van der Waals surface area contributed by atoms with E-state index in [1.807, 2.05) is 6.92 Å². The Morgan fingerprint density at radius 1 is 1.30 bits per heavy atom. The van der Waals surface area contributed by atoms with Crippen LogP contribution in [-0.2, 0) is 7.05 Å². The molecule has 33 heavy (non-hydrogen) atoms. The second kappa shape index (κ2) is 8.26. The van der Waals surface area contributed by atoms with Crippen molar-refractivity contribution in [2.75, 3.05) is 29.4 Å². The quantitative estimate of drug-likeness (QED) is 0.576. The summed E-state index contributed by atoms with van der Waals surface area (Å²) in [4.78, 5) is 27.0. The molecule has 2 saturated heterocycles. The number of aryl methyl sites for hydroxylation is 2. The van der Waals surface area contributed by atoms with Crippen LogP contribution in [0, 0.1) is 24.2 Å². The summed E-state index contributed by atoms with van der Waals surface area (Å²) in [5, 5.41) is 10.6. The lowest BCUT2D eigenvalue weighted by atomic mass is 9.92. The van der Waals surface area contributed by atoms with Crippen molar-refractivity contribution in [1.82, 2.24) is 14.5 Å². The molecule has 0 bridgehead atoms. The molecule has 0 unspecified atom stereocenters. The standard InChI is InChI=1S/C22H22F2N6O2S/c1-12-27-18-19(15(9-25)20(31)28(2)21(18)33-12)29-7-6-16-13(11-29)5-8-30(16)17-4-3-14(10-26-17)32-22(23)24/h3-4,10,13,16,22H,5-8,11H2,1-2H3/t13-,16+/m1/s1. The zero-order valence-corrected chi connectivity index (χ0v) is 19.0. The zero-order valence-electron chi connectivity index (χ0n) is 18.2. The summed E-state index contributed by atoms with van der Waals surface area (Å²) >= 11 is 1.45. The van der Waals surface area contributed by atoms with Crippen LogP contribution in [0.3, 0.4) is 0 Å². The van der Waals surface area contributed by atoms with Crippen molar-refractivity contribution in [3.63, 3.8) is 0 Å². The number of thiazole rings is 1. The topological polar surface area (TPSA) is 87.3 Å². The van der Waals surface area contributed by atoms with E-state index in [-0.39, 0.29) is 22.9 Å². The first-order chi connectivity index (χ1) is 15.9. The summed E-state index contributed by atoms with van der Waals surface area (Å²) in [6.07, 6.45) is 3.08. The van der Waals surface area contributed by atoms with E-state index in [9.17, 15) is 18.8 Å². The summed E-state index contributed by atoms with van der Waals surface area (Å²) in [6.45, 7) is 1.22. The van der Waals surface area contributed by atoms with Gasteiger partial charge in [-0.2, -0.15) is 14.0 Å². The minimum atomic E-state index is -2.88. The summed E-state index contributed by atoms with van der Waals surface area (Å²) in [5.74, 6) is 1.10. The highest BCUT2D eigenvalue weighted by molar-refractivity contribution is 7.18. The smallest absolute Gasteiger partial charge is 0.387 e. The van der Waals surface area contributed by atoms with Gasteiger partial charge in [-0.15, -0.1) is 11.3 Å². The number of ether oxygens (including phenoxy) is 1. The largest absolute Gasteiger partial charge is 0.433 e. The van der Waals surface area contributed by atoms with E-state index in [1.165, 1.54) is 28.2 Å². The molecular formula is C22H22F2N6O2S. The van der Waals surface area contributed by atoms with Gasteiger partial charge in [-0.25, -0.2) is 9.97 Å². The Morgan fingerprint density at radius 2 is 2.12 bits per heavy atom. The summed E-state index contributed by atoms with van der Waals surface area (Å²) in [6, 6.07) is 5.59. The van der Waals surface area contributed by atoms with Gasteiger partial charge in [-0.3, -0.25) is 4.79 Å². The Labute approximate surface area is 192 Å². The number of rotatable bonds is 4. The molecule has 11 heteroatoms. The fourth-order valence-corrected chi connectivity index (χ4v) is 5.95. The highest BCUT2D eigenvalue weighted by atomic mass is 32.1. The summed E-state index contributed by atoms with van der Waals surface area (Å²) in [5.41, 5.74) is 1.19. The minimum absolute atomic E-state index is 0.0385. The van der Waals surface area contributed by atoms with E-state index in [2.05, 4.69) is 30.6 Å². The van der Waals surface area contributed by atoms with Crippen molar-refractivity contribution < 1.29 is 13.5 Å². The molecule has 3 aromatic heterocycles. The van der Waals surface area contributed by atoms with Gasteiger partial charge in [-0.1, -0.05) is 0 Å². The molecule has 2 atom stereocenters. The number of pyridine rings is 2. The van der Waals surface area contributed by atoms with Crippen molar-refractivity contribution in [2.24, 2.45) is 13.0 Å². The van der Waals surface area contributed by atoms with E-state index < -0.39 is 6.61 Å². The van der Waals surface area contributed by atoms with Gasteiger partial charge in [0.05, 0.1) is 16.9 Å². The van der Waals surface area contributed by atoms with E-state index >= 15 is 0 Å². The molecule has 2 fully saturated rings. The lowest BCUT2D eigenvalue weighted by Gasteiger charge is -2.39. The first-order valence-electron chi connectivity index (χ1n) is 10.7. The van der Waals surface area contributed by atoms with Crippen molar-refractivity contribution in [3.05, 3.63) is 39.3 Å². The van der Waals surface area contributed by atoms with Crippen LogP contribution in [-0.4, -0.2) is 46.8 Å². The van der Waals surface area contributed by atoms with E-state index in [0.29, 0.717) is 30.2 Å². The molecule has 172 valence electrons. The highest BCUT2D eigenvalue weighted by Gasteiger charge is 2.40. The monoisotopic (exact) mass is 472 g/mol. The maximum atomic E-state index is 12.9. The third-order valence-corrected chi connectivity index (χ3v) is 7.55. The van der Waals surface area contributed by atoms with Crippen molar-refractivity contribution in [1.29, 1.82) is 5.26 Å². The van der Waals surface area contributed by atoms with Crippen LogP contribution in [0.1, 0.15) is 23.4 Å². The molecule has 0 aromatic carbocycles. The Balaban J connectivity index is 1.41. The third kappa shape index (κ3) is 3.68. The van der Waals surface area contributed by atoms with Crippen LogP contribution in [0.4, 0.5) is 20.3 Å². The molecule has 0 amide bonds. The molecule has 0 aliphatic carbocycles. The predicted molar refractivity (Wildman–Crippen MR) is 121 cm³/mol. The van der Waals surface area contributed by atoms with Crippen LogP contribution in [0.15, 0.2) is 23.1 Å². The number of hydrogen-bond donors (Lipinski definition) is 0.